The van der Waals surface area contributed by atoms with Crippen LogP contribution in [-0.4, -0.2) is 26.2 Å². The topological polar surface area (TPSA) is 52.6 Å². The molecule has 0 N–H and O–H groups in total. The standard InChI is InChI=1S/C14H13ClO4/c1-18-12(16)14(13(17)19-2)8-10(14)7-9-3-5-11(15)6-4-9/h3-7H,8H2,1-2H3/b10-7-. The van der Waals surface area contributed by atoms with Crippen molar-refractivity contribution in [3.63, 3.8) is 0 Å². The number of methoxy groups -OCH3 is 2. The van der Waals surface area contributed by atoms with Crippen molar-refractivity contribution in [3.8, 4) is 0 Å². The van der Waals surface area contributed by atoms with Crippen LogP contribution in [-0.2, 0) is 19.1 Å². The first-order valence-corrected chi connectivity index (χ1v) is 6.06. The van der Waals surface area contributed by atoms with Crippen LogP contribution in [0.1, 0.15) is 12.0 Å². The van der Waals surface area contributed by atoms with Gasteiger partial charge in [0.1, 0.15) is 0 Å². The minimum absolute atomic E-state index is 0.328. The molecule has 1 aromatic rings. The summed E-state index contributed by atoms with van der Waals surface area (Å²) in [6, 6.07) is 7.11. The van der Waals surface area contributed by atoms with Gasteiger partial charge in [-0.05, 0) is 23.3 Å². The van der Waals surface area contributed by atoms with Gasteiger partial charge in [-0.2, -0.15) is 0 Å². The second kappa shape index (κ2) is 5.05. The van der Waals surface area contributed by atoms with Crippen LogP contribution in [0.3, 0.4) is 0 Å². The third kappa shape index (κ3) is 2.36. The fourth-order valence-electron chi connectivity index (χ4n) is 2.01. The first-order valence-electron chi connectivity index (χ1n) is 5.68. The molecule has 0 heterocycles. The number of hydrogen-bond donors (Lipinski definition) is 0. The van der Waals surface area contributed by atoms with E-state index in [0.717, 1.165) is 5.56 Å². The lowest BCUT2D eigenvalue weighted by Crippen LogP contribution is -2.28. The Hall–Kier alpha value is -1.81. The van der Waals surface area contributed by atoms with Gasteiger partial charge in [0, 0.05) is 11.4 Å². The van der Waals surface area contributed by atoms with E-state index < -0.39 is 17.4 Å². The summed E-state index contributed by atoms with van der Waals surface area (Å²) in [5, 5.41) is 0.630. The normalized spacial score (nSPS) is 17.9. The highest BCUT2D eigenvalue weighted by Gasteiger charge is 2.64. The molecule has 0 bridgehead atoms. The summed E-state index contributed by atoms with van der Waals surface area (Å²) in [6.07, 6.45) is 2.11. The molecule has 1 aliphatic rings. The average molecular weight is 281 g/mol. The second-order valence-electron chi connectivity index (χ2n) is 4.29. The van der Waals surface area contributed by atoms with Crippen LogP contribution in [0.2, 0.25) is 5.02 Å². The summed E-state index contributed by atoms with van der Waals surface area (Å²) < 4.78 is 9.37. The molecular formula is C14H13ClO4. The Morgan fingerprint density at radius 3 is 2.16 bits per heavy atom. The molecular weight excluding hydrogens is 268 g/mol. The Morgan fingerprint density at radius 2 is 1.68 bits per heavy atom. The zero-order chi connectivity index (χ0) is 14.0. The number of esters is 2. The Labute approximate surface area is 116 Å². The predicted octanol–water partition coefficient (Wildman–Crippen LogP) is 2.46. The van der Waals surface area contributed by atoms with Gasteiger partial charge in [-0.1, -0.05) is 29.8 Å². The summed E-state index contributed by atoms with van der Waals surface area (Å²) >= 11 is 5.80. The number of ether oxygens (including phenoxy) is 2. The van der Waals surface area contributed by atoms with E-state index in [1.165, 1.54) is 14.2 Å². The molecule has 1 aliphatic carbocycles. The van der Waals surface area contributed by atoms with Gasteiger partial charge in [0.25, 0.3) is 0 Å². The lowest BCUT2D eigenvalue weighted by atomic mass is 10.1. The van der Waals surface area contributed by atoms with Crippen molar-refractivity contribution < 1.29 is 19.1 Å². The van der Waals surface area contributed by atoms with E-state index in [1.54, 1.807) is 18.2 Å². The van der Waals surface area contributed by atoms with Gasteiger partial charge in [0.05, 0.1) is 14.2 Å². The molecule has 100 valence electrons. The number of rotatable bonds is 3. The Morgan fingerprint density at radius 1 is 1.16 bits per heavy atom. The molecule has 4 nitrogen and oxygen atoms in total. The third-order valence-electron chi connectivity index (χ3n) is 3.16. The second-order valence-corrected chi connectivity index (χ2v) is 4.72. The molecule has 0 saturated heterocycles. The van der Waals surface area contributed by atoms with Crippen molar-refractivity contribution in [1.82, 2.24) is 0 Å². The average Bonchev–Trinajstić information content (AvgIpc) is 3.15. The summed E-state index contributed by atoms with van der Waals surface area (Å²) in [5.41, 5.74) is 0.297. The fourth-order valence-corrected chi connectivity index (χ4v) is 2.14. The van der Waals surface area contributed by atoms with E-state index in [4.69, 9.17) is 11.6 Å². The van der Waals surface area contributed by atoms with Crippen LogP contribution in [0, 0.1) is 5.41 Å². The van der Waals surface area contributed by atoms with Crippen LogP contribution >= 0.6 is 11.6 Å². The Bertz CT molecular complexity index is 529. The molecule has 1 aromatic carbocycles. The smallest absolute Gasteiger partial charge is 0.327 e. The van der Waals surface area contributed by atoms with Gasteiger partial charge in [-0.3, -0.25) is 9.59 Å². The molecule has 2 rings (SSSR count). The lowest BCUT2D eigenvalue weighted by Gasteiger charge is -2.09. The third-order valence-corrected chi connectivity index (χ3v) is 3.41. The van der Waals surface area contributed by atoms with Gasteiger partial charge < -0.3 is 9.47 Å². The molecule has 1 fully saturated rings. The molecule has 1 saturated carbocycles. The highest BCUT2D eigenvalue weighted by molar-refractivity contribution is 6.30. The molecule has 0 radical (unpaired) electrons. The zero-order valence-corrected chi connectivity index (χ0v) is 11.4. The van der Waals surface area contributed by atoms with Crippen molar-refractivity contribution in [1.29, 1.82) is 0 Å². The van der Waals surface area contributed by atoms with E-state index in [9.17, 15) is 9.59 Å². The van der Waals surface area contributed by atoms with Crippen molar-refractivity contribution in [3.05, 3.63) is 40.4 Å². The Balaban J connectivity index is 2.30. The Kier molecular flexibility index (Phi) is 3.62. The van der Waals surface area contributed by atoms with Crippen LogP contribution in [0.25, 0.3) is 6.08 Å². The molecule has 0 atom stereocenters. The first-order chi connectivity index (χ1) is 9.04. The van der Waals surface area contributed by atoms with E-state index in [-0.39, 0.29) is 0 Å². The quantitative estimate of drug-likeness (QED) is 0.630. The SMILES string of the molecule is COC(=O)C1(C(=O)OC)C/C1=C/c1ccc(Cl)cc1. The molecule has 0 spiro atoms. The van der Waals surface area contributed by atoms with Crippen LogP contribution < -0.4 is 0 Å². The minimum atomic E-state index is -1.26. The number of carbonyl (C=O) groups excluding carboxylic acids is 2. The molecule has 5 heteroatoms. The van der Waals surface area contributed by atoms with Gasteiger partial charge >= 0.3 is 11.9 Å². The van der Waals surface area contributed by atoms with Crippen molar-refractivity contribution in [2.24, 2.45) is 5.41 Å². The van der Waals surface area contributed by atoms with E-state index in [0.29, 0.717) is 17.0 Å². The van der Waals surface area contributed by atoms with Crippen LogP contribution in [0.15, 0.2) is 29.8 Å². The summed E-state index contributed by atoms with van der Waals surface area (Å²) in [4.78, 5) is 23.5. The summed E-state index contributed by atoms with van der Waals surface area (Å²) in [7, 11) is 2.51. The maximum Gasteiger partial charge on any atom is 0.327 e. The predicted molar refractivity (Wildman–Crippen MR) is 70.5 cm³/mol. The monoisotopic (exact) mass is 280 g/mol. The van der Waals surface area contributed by atoms with Gasteiger partial charge in [-0.15, -0.1) is 0 Å². The van der Waals surface area contributed by atoms with E-state index in [1.807, 2.05) is 12.1 Å². The van der Waals surface area contributed by atoms with Gasteiger partial charge in [-0.25, -0.2) is 0 Å². The summed E-state index contributed by atoms with van der Waals surface area (Å²) in [5.74, 6) is -1.17. The molecule has 0 aliphatic heterocycles. The van der Waals surface area contributed by atoms with Crippen LogP contribution in [0.5, 0.6) is 0 Å². The van der Waals surface area contributed by atoms with Gasteiger partial charge in [0.2, 0.25) is 0 Å². The molecule has 19 heavy (non-hydrogen) atoms. The number of hydrogen-bond acceptors (Lipinski definition) is 4. The highest BCUT2D eigenvalue weighted by atomic mass is 35.5. The first kappa shape index (κ1) is 13.6. The van der Waals surface area contributed by atoms with Crippen molar-refractivity contribution >= 4 is 29.6 Å². The van der Waals surface area contributed by atoms with Crippen LogP contribution in [0.4, 0.5) is 0 Å². The largest absolute Gasteiger partial charge is 0.468 e. The van der Waals surface area contributed by atoms with E-state index in [2.05, 4.69) is 9.47 Å². The summed E-state index contributed by atoms with van der Waals surface area (Å²) in [6.45, 7) is 0. The van der Waals surface area contributed by atoms with E-state index >= 15 is 0 Å². The molecule has 0 unspecified atom stereocenters. The zero-order valence-electron chi connectivity index (χ0n) is 10.6. The minimum Gasteiger partial charge on any atom is -0.468 e. The molecule has 0 amide bonds. The number of halogens is 1. The van der Waals surface area contributed by atoms with Crippen molar-refractivity contribution in [2.75, 3.05) is 14.2 Å². The highest BCUT2D eigenvalue weighted by Crippen LogP contribution is 2.54. The maximum absolute atomic E-state index is 11.8. The van der Waals surface area contributed by atoms with Crippen molar-refractivity contribution in [2.45, 2.75) is 6.42 Å². The number of benzene rings is 1. The number of carbonyl (C=O) groups is 2. The maximum atomic E-state index is 11.8. The van der Waals surface area contributed by atoms with Gasteiger partial charge in [0.15, 0.2) is 5.41 Å². The molecule has 0 aromatic heterocycles. The lowest BCUT2D eigenvalue weighted by molar-refractivity contribution is -0.160. The fraction of sp³-hybridized carbons (Fsp3) is 0.286.